The monoisotopic (exact) mass is 220 g/mol. The highest BCUT2D eigenvalue weighted by molar-refractivity contribution is 7.74. The molecule has 1 aromatic carbocycles. The van der Waals surface area contributed by atoms with E-state index in [0.717, 1.165) is 5.06 Å². The molecule has 0 saturated carbocycles. The molecule has 0 spiro atoms. The molecule has 13 heavy (non-hydrogen) atoms. The molecule has 0 fully saturated rings. The van der Waals surface area contributed by atoms with Crippen LogP contribution in [0.25, 0.3) is 0 Å². The van der Waals surface area contributed by atoms with Crippen LogP contribution in [-0.2, 0) is 15.6 Å². The standard InChI is InChI=1S/C7H8ClNO3S/c1-9(12-13(10)11)7-5-3-2-4-6(7)8/h2-5H,1H3,(H,10,11)/p-1. The average Bonchev–Trinajstić information content (AvgIpc) is 2.03. The molecule has 1 aromatic rings. The maximum atomic E-state index is 10.2. The van der Waals surface area contributed by atoms with Crippen molar-refractivity contribution in [2.75, 3.05) is 12.1 Å². The second-order valence-corrected chi connectivity index (χ2v) is 3.19. The van der Waals surface area contributed by atoms with E-state index in [9.17, 15) is 8.76 Å². The summed E-state index contributed by atoms with van der Waals surface area (Å²) in [6.45, 7) is 0. The van der Waals surface area contributed by atoms with Gasteiger partial charge in [0.2, 0.25) is 0 Å². The van der Waals surface area contributed by atoms with Crippen LogP contribution in [0.3, 0.4) is 0 Å². The summed E-state index contributed by atoms with van der Waals surface area (Å²) in [4.78, 5) is 0. The molecule has 1 rings (SSSR count). The molecule has 1 atom stereocenters. The van der Waals surface area contributed by atoms with E-state index in [4.69, 9.17) is 11.6 Å². The molecule has 4 nitrogen and oxygen atoms in total. The van der Waals surface area contributed by atoms with Crippen LogP contribution >= 0.6 is 11.6 Å². The Morgan fingerprint density at radius 3 is 2.69 bits per heavy atom. The molecule has 0 aliphatic carbocycles. The first-order valence-corrected chi connectivity index (χ1v) is 4.75. The van der Waals surface area contributed by atoms with Crippen LogP contribution in [0.4, 0.5) is 5.69 Å². The highest BCUT2D eigenvalue weighted by atomic mass is 35.5. The van der Waals surface area contributed by atoms with Crippen molar-refractivity contribution in [3.8, 4) is 0 Å². The molecule has 0 amide bonds. The first kappa shape index (κ1) is 10.5. The summed E-state index contributed by atoms with van der Waals surface area (Å²) in [6.07, 6.45) is 0. The number of anilines is 1. The van der Waals surface area contributed by atoms with Crippen molar-refractivity contribution in [3.63, 3.8) is 0 Å². The van der Waals surface area contributed by atoms with Crippen LogP contribution in [-0.4, -0.2) is 15.8 Å². The third-order valence-electron chi connectivity index (χ3n) is 1.36. The van der Waals surface area contributed by atoms with Gasteiger partial charge >= 0.3 is 0 Å². The highest BCUT2D eigenvalue weighted by Gasteiger charge is 2.04. The zero-order valence-corrected chi connectivity index (χ0v) is 8.34. The number of benzene rings is 1. The van der Waals surface area contributed by atoms with Crippen LogP contribution in [0.15, 0.2) is 24.3 Å². The van der Waals surface area contributed by atoms with E-state index < -0.39 is 11.4 Å². The number of hydrogen-bond acceptors (Lipinski definition) is 4. The van der Waals surface area contributed by atoms with Crippen molar-refractivity contribution in [2.45, 2.75) is 0 Å². The van der Waals surface area contributed by atoms with Crippen molar-refractivity contribution in [1.82, 2.24) is 0 Å². The lowest BCUT2D eigenvalue weighted by atomic mass is 10.3. The van der Waals surface area contributed by atoms with Gasteiger partial charge in [-0.2, -0.15) is 4.28 Å². The number of halogens is 1. The van der Waals surface area contributed by atoms with Crippen molar-refractivity contribution < 1.29 is 13.0 Å². The van der Waals surface area contributed by atoms with Gasteiger partial charge in [-0.1, -0.05) is 23.7 Å². The lowest BCUT2D eigenvalue weighted by molar-refractivity contribution is 0.289. The molecule has 0 N–H and O–H groups in total. The number of hydrogen-bond donors (Lipinski definition) is 0. The maximum Gasteiger partial charge on any atom is 0.112 e. The Labute approximate surface area is 83.5 Å². The fourth-order valence-corrected chi connectivity index (χ4v) is 1.36. The normalized spacial score (nSPS) is 12.5. The zero-order valence-electron chi connectivity index (χ0n) is 6.77. The van der Waals surface area contributed by atoms with Gasteiger partial charge in [-0.3, -0.25) is 0 Å². The van der Waals surface area contributed by atoms with E-state index in [2.05, 4.69) is 4.28 Å². The van der Waals surface area contributed by atoms with E-state index >= 15 is 0 Å². The highest BCUT2D eigenvalue weighted by Crippen LogP contribution is 2.24. The number of nitrogens with zero attached hydrogens (tertiary/aromatic N) is 1. The molecule has 0 saturated heterocycles. The summed E-state index contributed by atoms with van der Waals surface area (Å²) in [5.41, 5.74) is 0.494. The quantitative estimate of drug-likeness (QED) is 0.572. The Morgan fingerprint density at radius 2 is 2.15 bits per heavy atom. The predicted octanol–water partition coefficient (Wildman–Crippen LogP) is 1.50. The lowest BCUT2D eigenvalue weighted by Gasteiger charge is -2.19. The minimum Gasteiger partial charge on any atom is -0.748 e. The molecule has 0 aliphatic rings. The van der Waals surface area contributed by atoms with Gasteiger partial charge in [-0.05, 0) is 12.1 Å². The Kier molecular flexibility index (Phi) is 3.68. The molecule has 0 bridgehead atoms. The minimum atomic E-state index is -2.59. The first-order valence-electron chi connectivity index (χ1n) is 3.37. The number of para-hydroxylation sites is 1. The third kappa shape index (κ3) is 2.96. The van der Waals surface area contributed by atoms with Gasteiger partial charge in [-0.25, -0.2) is 9.27 Å². The van der Waals surface area contributed by atoms with E-state index in [-0.39, 0.29) is 0 Å². The SMILES string of the molecule is CN(OS(=O)[O-])c1ccccc1Cl. The largest absolute Gasteiger partial charge is 0.748 e. The Balaban J connectivity index is 2.82. The minimum absolute atomic E-state index is 0.426. The van der Waals surface area contributed by atoms with Crippen LogP contribution in [0.2, 0.25) is 5.02 Å². The summed E-state index contributed by atoms with van der Waals surface area (Å²) >= 11 is 3.19. The molecule has 0 radical (unpaired) electrons. The van der Waals surface area contributed by atoms with Gasteiger partial charge in [-0.15, -0.1) is 0 Å². The van der Waals surface area contributed by atoms with Crippen molar-refractivity contribution in [1.29, 1.82) is 0 Å². The van der Waals surface area contributed by atoms with Gasteiger partial charge in [0.25, 0.3) is 0 Å². The van der Waals surface area contributed by atoms with Crippen LogP contribution in [0.1, 0.15) is 0 Å². The summed E-state index contributed by atoms with van der Waals surface area (Å²) in [6, 6.07) is 6.77. The first-order chi connectivity index (χ1) is 6.11. The maximum absolute atomic E-state index is 10.2. The van der Waals surface area contributed by atoms with Gasteiger partial charge in [0.05, 0.1) is 10.7 Å². The van der Waals surface area contributed by atoms with E-state index in [1.54, 1.807) is 24.3 Å². The summed E-state index contributed by atoms with van der Waals surface area (Å²) < 4.78 is 24.8. The van der Waals surface area contributed by atoms with Crippen LogP contribution in [0.5, 0.6) is 0 Å². The number of rotatable bonds is 3. The molecule has 0 aromatic heterocycles. The fraction of sp³-hybridized carbons (Fsp3) is 0.143. The number of hydroxylamine groups is 1. The van der Waals surface area contributed by atoms with E-state index in [1.807, 2.05) is 0 Å². The van der Waals surface area contributed by atoms with Crippen molar-refractivity contribution in [2.24, 2.45) is 0 Å². The second kappa shape index (κ2) is 4.57. The average molecular weight is 221 g/mol. The molecule has 0 heterocycles. The topological polar surface area (TPSA) is 52.6 Å². The fourth-order valence-electron chi connectivity index (χ4n) is 0.839. The zero-order chi connectivity index (χ0) is 9.84. The smallest absolute Gasteiger partial charge is 0.112 e. The van der Waals surface area contributed by atoms with Crippen LogP contribution in [0, 0.1) is 0 Å². The molecule has 1 unspecified atom stereocenters. The molecule has 6 heteroatoms. The van der Waals surface area contributed by atoms with Gasteiger partial charge in [0.15, 0.2) is 0 Å². The lowest BCUT2D eigenvalue weighted by Crippen LogP contribution is -2.19. The molecular weight excluding hydrogens is 214 g/mol. The molecule has 0 aliphatic heterocycles. The van der Waals surface area contributed by atoms with Crippen molar-refractivity contribution in [3.05, 3.63) is 29.3 Å². The Hall–Kier alpha value is -0.620. The Morgan fingerprint density at radius 1 is 1.54 bits per heavy atom. The predicted molar refractivity (Wildman–Crippen MR) is 49.9 cm³/mol. The summed E-state index contributed by atoms with van der Waals surface area (Å²) in [5, 5.41) is 1.50. The third-order valence-corrected chi connectivity index (χ3v) is 2.03. The summed E-state index contributed by atoms with van der Waals surface area (Å²) in [5.74, 6) is 0. The van der Waals surface area contributed by atoms with E-state index in [0.29, 0.717) is 10.7 Å². The summed E-state index contributed by atoms with van der Waals surface area (Å²) in [7, 11) is 1.46. The van der Waals surface area contributed by atoms with Crippen molar-refractivity contribution >= 4 is 28.6 Å². The Bertz CT molecular complexity index is 320. The van der Waals surface area contributed by atoms with E-state index in [1.165, 1.54) is 7.05 Å². The van der Waals surface area contributed by atoms with Gasteiger partial charge in [0.1, 0.15) is 11.4 Å². The van der Waals surface area contributed by atoms with Gasteiger partial charge < -0.3 is 4.55 Å². The van der Waals surface area contributed by atoms with Gasteiger partial charge in [0, 0.05) is 7.05 Å². The second-order valence-electron chi connectivity index (χ2n) is 2.23. The molecule has 72 valence electrons. The molecular formula is C7H7ClNO3S-. The van der Waals surface area contributed by atoms with Crippen LogP contribution < -0.4 is 5.06 Å².